The zero-order valence-electron chi connectivity index (χ0n) is 6.35. The Morgan fingerprint density at radius 1 is 1.58 bits per heavy atom. The maximum Gasteiger partial charge on any atom is 0.261 e. The SMILES string of the molecule is CNC(=O)c1ccc(Cl)[nH]c1=O. The molecular weight excluding hydrogens is 180 g/mol. The second-order valence-corrected chi connectivity index (χ2v) is 2.54. The zero-order chi connectivity index (χ0) is 9.14. The number of rotatable bonds is 1. The third-order valence-electron chi connectivity index (χ3n) is 1.35. The van der Waals surface area contributed by atoms with E-state index < -0.39 is 11.5 Å². The van der Waals surface area contributed by atoms with E-state index in [-0.39, 0.29) is 10.7 Å². The highest BCUT2D eigenvalue weighted by Gasteiger charge is 2.07. The van der Waals surface area contributed by atoms with Crippen LogP contribution in [0.4, 0.5) is 0 Å². The van der Waals surface area contributed by atoms with E-state index in [0.717, 1.165) is 0 Å². The molecule has 0 unspecified atom stereocenters. The summed E-state index contributed by atoms with van der Waals surface area (Å²) in [6.07, 6.45) is 0. The molecule has 0 atom stereocenters. The van der Waals surface area contributed by atoms with Crippen molar-refractivity contribution in [2.75, 3.05) is 7.05 Å². The van der Waals surface area contributed by atoms with Gasteiger partial charge in [-0.3, -0.25) is 9.59 Å². The molecule has 2 N–H and O–H groups in total. The monoisotopic (exact) mass is 186 g/mol. The first kappa shape index (κ1) is 8.80. The summed E-state index contributed by atoms with van der Waals surface area (Å²) in [5, 5.41) is 2.55. The highest BCUT2D eigenvalue weighted by atomic mass is 35.5. The summed E-state index contributed by atoms with van der Waals surface area (Å²) in [5.41, 5.74) is -0.427. The van der Waals surface area contributed by atoms with Crippen molar-refractivity contribution < 1.29 is 4.79 Å². The summed E-state index contributed by atoms with van der Waals surface area (Å²) in [6.45, 7) is 0. The molecule has 4 nitrogen and oxygen atoms in total. The first-order valence-corrected chi connectivity index (χ1v) is 3.64. The van der Waals surface area contributed by atoms with Gasteiger partial charge in [-0.15, -0.1) is 0 Å². The minimum Gasteiger partial charge on any atom is -0.355 e. The maximum atomic E-state index is 11.0. The van der Waals surface area contributed by atoms with Crippen LogP contribution in [-0.4, -0.2) is 17.9 Å². The van der Waals surface area contributed by atoms with Crippen LogP contribution < -0.4 is 10.9 Å². The Morgan fingerprint density at radius 3 is 2.75 bits per heavy atom. The van der Waals surface area contributed by atoms with E-state index in [1.807, 2.05) is 0 Å². The number of pyridine rings is 1. The number of nitrogens with one attached hydrogen (secondary N) is 2. The minimum absolute atomic E-state index is 0.0573. The van der Waals surface area contributed by atoms with Crippen LogP contribution >= 0.6 is 11.6 Å². The van der Waals surface area contributed by atoms with Gasteiger partial charge in [0.2, 0.25) is 0 Å². The summed E-state index contributed by atoms with van der Waals surface area (Å²) in [7, 11) is 1.45. The Bertz CT molecular complexity index is 359. The average Bonchev–Trinajstić information content (AvgIpc) is 2.03. The number of carbonyl (C=O) groups excluding carboxylic acids is 1. The van der Waals surface area contributed by atoms with Crippen LogP contribution in [0.3, 0.4) is 0 Å². The highest BCUT2D eigenvalue weighted by molar-refractivity contribution is 6.29. The molecule has 1 aromatic heterocycles. The van der Waals surface area contributed by atoms with Crippen LogP contribution in [0.2, 0.25) is 5.15 Å². The Balaban J connectivity index is 3.19. The van der Waals surface area contributed by atoms with Gasteiger partial charge in [0.1, 0.15) is 10.7 Å². The third-order valence-corrected chi connectivity index (χ3v) is 1.57. The standard InChI is InChI=1S/C7H7ClN2O2/c1-9-6(11)4-2-3-5(8)10-7(4)12/h2-3H,1H3,(H,9,11)(H,10,12). The number of hydrogen-bond donors (Lipinski definition) is 2. The molecule has 0 aliphatic carbocycles. The minimum atomic E-state index is -0.484. The summed E-state index contributed by atoms with van der Waals surface area (Å²) in [5.74, 6) is -0.423. The van der Waals surface area contributed by atoms with Crippen molar-refractivity contribution in [2.24, 2.45) is 0 Å². The number of aromatic nitrogens is 1. The fraction of sp³-hybridized carbons (Fsp3) is 0.143. The Hall–Kier alpha value is -1.29. The molecule has 5 heteroatoms. The van der Waals surface area contributed by atoms with Crippen molar-refractivity contribution >= 4 is 17.5 Å². The van der Waals surface area contributed by atoms with Crippen molar-refractivity contribution in [1.82, 2.24) is 10.3 Å². The van der Waals surface area contributed by atoms with Gasteiger partial charge in [0, 0.05) is 7.05 Å². The Morgan fingerprint density at radius 2 is 2.25 bits per heavy atom. The Labute approximate surface area is 73.6 Å². The lowest BCUT2D eigenvalue weighted by Crippen LogP contribution is -2.26. The average molecular weight is 187 g/mol. The molecule has 0 spiro atoms. The van der Waals surface area contributed by atoms with Crippen LogP contribution in [0.5, 0.6) is 0 Å². The van der Waals surface area contributed by atoms with Gasteiger partial charge in [-0.25, -0.2) is 0 Å². The number of H-pyrrole nitrogens is 1. The van der Waals surface area contributed by atoms with E-state index in [9.17, 15) is 9.59 Å². The van der Waals surface area contributed by atoms with Crippen molar-refractivity contribution in [3.63, 3.8) is 0 Å². The van der Waals surface area contributed by atoms with Crippen LogP contribution in [0.25, 0.3) is 0 Å². The first-order valence-electron chi connectivity index (χ1n) is 3.26. The summed E-state index contributed by atoms with van der Waals surface area (Å²) < 4.78 is 0. The number of halogens is 1. The number of hydrogen-bond acceptors (Lipinski definition) is 2. The second-order valence-electron chi connectivity index (χ2n) is 2.13. The van der Waals surface area contributed by atoms with Gasteiger partial charge < -0.3 is 10.3 Å². The van der Waals surface area contributed by atoms with Crippen molar-refractivity contribution in [3.05, 3.63) is 33.2 Å². The predicted molar refractivity (Wildman–Crippen MR) is 45.5 cm³/mol. The van der Waals surface area contributed by atoms with Crippen molar-refractivity contribution in [3.8, 4) is 0 Å². The third kappa shape index (κ3) is 1.65. The van der Waals surface area contributed by atoms with Gasteiger partial charge in [-0.1, -0.05) is 11.6 Å². The van der Waals surface area contributed by atoms with Crippen molar-refractivity contribution in [1.29, 1.82) is 0 Å². The van der Waals surface area contributed by atoms with E-state index in [1.165, 1.54) is 19.2 Å². The van der Waals surface area contributed by atoms with Gasteiger partial charge >= 0.3 is 0 Å². The van der Waals surface area contributed by atoms with Gasteiger partial charge in [0.15, 0.2) is 0 Å². The lowest BCUT2D eigenvalue weighted by molar-refractivity contribution is 0.0961. The van der Waals surface area contributed by atoms with Crippen LogP contribution in [0, 0.1) is 0 Å². The smallest absolute Gasteiger partial charge is 0.261 e. The second kappa shape index (κ2) is 3.40. The van der Waals surface area contributed by atoms with Gasteiger partial charge in [-0.05, 0) is 12.1 Å². The van der Waals surface area contributed by atoms with Crippen LogP contribution in [-0.2, 0) is 0 Å². The van der Waals surface area contributed by atoms with E-state index in [2.05, 4.69) is 10.3 Å². The summed E-state index contributed by atoms with van der Waals surface area (Å²) in [4.78, 5) is 24.3. The van der Waals surface area contributed by atoms with E-state index in [4.69, 9.17) is 11.6 Å². The molecule has 0 aromatic carbocycles. The topological polar surface area (TPSA) is 62.0 Å². The van der Waals surface area contributed by atoms with E-state index in [0.29, 0.717) is 0 Å². The predicted octanol–water partition coefficient (Wildman–Crippen LogP) is 0.388. The number of carbonyl (C=O) groups is 1. The molecule has 1 aromatic rings. The van der Waals surface area contributed by atoms with E-state index in [1.54, 1.807) is 0 Å². The molecule has 0 aliphatic heterocycles. The highest BCUT2D eigenvalue weighted by Crippen LogP contribution is 2.00. The summed E-state index contributed by atoms with van der Waals surface area (Å²) >= 11 is 5.48. The lowest BCUT2D eigenvalue weighted by atomic mass is 10.3. The summed E-state index contributed by atoms with van der Waals surface area (Å²) in [6, 6.07) is 2.83. The fourth-order valence-corrected chi connectivity index (χ4v) is 0.912. The molecule has 0 fully saturated rings. The van der Waals surface area contributed by atoms with Gasteiger partial charge in [0.05, 0.1) is 0 Å². The lowest BCUT2D eigenvalue weighted by Gasteiger charge is -1.97. The molecule has 0 saturated carbocycles. The van der Waals surface area contributed by atoms with Crippen LogP contribution in [0.1, 0.15) is 10.4 Å². The molecule has 0 aliphatic rings. The maximum absolute atomic E-state index is 11.0. The van der Waals surface area contributed by atoms with E-state index >= 15 is 0 Å². The van der Waals surface area contributed by atoms with Gasteiger partial charge in [-0.2, -0.15) is 0 Å². The molecule has 1 rings (SSSR count). The largest absolute Gasteiger partial charge is 0.355 e. The molecule has 12 heavy (non-hydrogen) atoms. The first-order chi connectivity index (χ1) is 5.65. The van der Waals surface area contributed by atoms with Gasteiger partial charge in [0.25, 0.3) is 11.5 Å². The number of aromatic amines is 1. The molecule has 0 saturated heterocycles. The Kier molecular flexibility index (Phi) is 2.50. The molecule has 1 amide bonds. The molecule has 0 bridgehead atoms. The molecular formula is C7H7ClN2O2. The molecule has 1 heterocycles. The zero-order valence-corrected chi connectivity index (χ0v) is 7.11. The normalized spacial score (nSPS) is 9.50. The van der Waals surface area contributed by atoms with Crippen LogP contribution in [0.15, 0.2) is 16.9 Å². The molecule has 0 radical (unpaired) electrons. The fourth-order valence-electron chi connectivity index (χ4n) is 0.763. The quantitative estimate of drug-likeness (QED) is 0.624. The molecule has 64 valence electrons. The number of amides is 1. The van der Waals surface area contributed by atoms with Crippen molar-refractivity contribution in [2.45, 2.75) is 0 Å².